The van der Waals surface area contributed by atoms with E-state index in [1.165, 1.54) is 23.0 Å². The molecule has 0 radical (unpaired) electrons. The van der Waals surface area contributed by atoms with Crippen LogP contribution in [0.15, 0.2) is 42.7 Å². The first-order valence-corrected chi connectivity index (χ1v) is 13.2. The number of nitrogens with one attached hydrogen (secondary N) is 1. The van der Waals surface area contributed by atoms with Gasteiger partial charge in [-0.25, -0.2) is 13.9 Å². The number of anilines is 1. The first-order chi connectivity index (χ1) is 19.4. The lowest BCUT2D eigenvalue weighted by atomic mass is 9.92. The van der Waals surface area contributed by atoms with E-state index in [1.54, 1.807) is 52.0 Å². The fourth-order valence-corrected chi connectivity index (χ4v) is 5.05. The first-order valence-electron chi connectivity index (χ1n) is 13.2. The number of carbonyl (C=O) groups is 2. The number of amides is 1. The van der Waals surface area contributed by atoms with E-state index in [4.69, 9.17) is 24.7 Å². The van der Waals surface area contributed by atoms with Crippen molar-refractivity contribution in [2.45, 2.75) is 69.9 Å². The van der Waals surface area contributed by atoms with Crippen LogP contribution >= 0.6 is 0 Å². The normalized spacial score (nSPS) is 25.6. The van der Waals surface area contributed by atoms with Gasteiger partial charge in [-0.05, 0) is 50.1 Å². The number of nitrogens with two attached hydrogens (primary N) is 1. The number of aromatic nitrogens is 3. The van der Waals surface area contributed by atoms with Crippen molar-refractivity contribution in [3.63, 3.8) is 0 Å². The Kier molecular flexibility index (Phi) is 7.52. The molecule has 0 saturated carbocycles. The predicted octanol–water partition coefficient (Wildman–Crippen LogP) is 2.21. The molecular weight excluding hydrogens is 535 g/mol. The molecule has 2 aliphatic heterocycles. The van der Waals surface area contributed by atoms with Crippen molar-refractivity contribution in [3.05, 3.63) is 59.8 Å². The standard InChI is InChI=1S/C28H31FN6O6/c1-15(2)26(37)38-12-20-22-23(41-27(3,4)40-22)28(13-30,39-20)21-10-9-19-24(32-14-33-35(19)21)34-25(36)18(31)11-16-5-7-17(29)8-6-16/h5-10,14-15,18,20,22-23H,11-12,31H2,1-4H3,(H,32,33,34,36)/t18-,20+,22+,23+,28-/m0/s1. The summed E-state index contributed by atoms with van der Waals surface area (Å²) in [5, 5.41) is 17.5. The second-order valence-corrected chi connectivity index (χ2v) is 10.9. The van der Waals surface area contributed by atoms with E-state index in [-0.39, 0.29) is 30.6 Å². The number of esters is 1. The predicted molar refractivity (Wildman–Crippen MR) is 141 cm³/mol. The molecule has 2 fully saturated rings. The molecule has 5 rings (SSSR count). The third-order valence-corrected chi connectivity index (χ3v) is 7.04. The Morgan fingerprint density at radius 3 is 2.61 bits per heavy atom. The maximum absolute atomic E-state index is 13.2. The van der Waals surface area contributed by atoms with Crippen molar-refractivity contribution in [3.8, 4) is 6.07 Å². The number of ether oxygens (including phenoxy) is 4. The van der Waals surface area contributed by atoms with Crippen molar-refractivity contribution in [1.29, 1.82) is 5.26 Å². The molecule has 2 saturated heterocycles. The summed E-state index contributed by atoms with van der Waals surface area (Å²) in [6.07, 6.45) is -0.960. The molecule has 5 atom stereocenters. The van der Waals surface area contributed by atoms with Crippen molar-refractivity contribution in [2.24, 2.45) is 11.7 Å². The Labute approximate surface area is 235 Å². The van der Waals surface area contributed by atoms with E-state index in [1.807, 2.05) is 0 Å². The van der Waals surface area contributed by atoms with Crippen LogP contribution in [0.1, 0.15) is 39.0 Å². The smallest absolute Gasteiger partial charge is 0.308 e. The number of carbonyl (C=O) groups excluding carboxylic acids is 2. The second-order valence-electron chi connectivity index (χ2n) is 10.9. The Morgan fingerprint density at radius 1 is 1.20 bits per heavy atom. The van der Waals surface area contributed by atoms with Gasteiger partial charge in [0, 0.05) is 0 Å². The summed E-state index contributed by atoms with van der Waals surface area (Å²) < 4.78 is 38.6. The van der Waals surface area contributed by atoms with Crippen molar-refractivity contribution in [2.75, 3.05) is 11.9 Å². The third kappa shape index (κ3) is 5.39. The highest BCUT2D eigenvalue weighted by Gasteiger charge is 2.65. The van der Waals surface area contributed by atoms with Gasteiger partial charge in [-0.3, -0.25) is 9.59 Å². The molecule has 41 heavy (non-hydrogen) atoms. The molecule has 2 aliphatic rings. The highest BCUT2D eigenvalue weighted by molar-refractivity contribution is 5.97. The molecule has 3 N–H and O–H groups in total. The van der Waals surface area contributed by atoms with Gasteiger partial charge in [-0.2, -0.15) is 10.4 Å². The van der Waals surface area contributed by atoms with Crippen LogP contribution in [0.5, 0.6) is 0 Å². The van der Waals surface area contributed by atoms with Gasteiger partial charge >= 0.3 is 5.97 Å². The van der Waals surface area contributed by atoms with Crippen LogP contribution in [0.25, 0.3) is 5.52 Å². The summed E-state index contributed by atoms with van der Waals surface area (Å²) in [4.78, 5) is 29.3. The van der Waals surface area contributed by atoms with Crippen molar-refractivity contribution >= 4 is 23.2 Å². The van der Waals surface area contributed by atoms with Crippen LogP contribution < -0.4 is 11.1 Å². The van der Waals surface area contributed by atoms with E-state index >= 15 is 0 Å². The summed E-state index contributed by atoms with van der Waals surface area (Å²) in [7, 11) is 0. The summed E-state index contributed by atoms with van der Waals surface area (Å²) in [5.74, 6) is -2.49. The Morgan fingerprint density at radius 2 is 1.93 bits per heavy atom. The summed E-state index contributed by atoms with van der Waals surface area (Å²) in [5.41, 5.74) is 5.82. The zero-order chi connectivity index (χ0) is 29.5. The molecule has 0 unspecified atom stereocenters. The Balaban J connectivity index is 1.42. The molecule has 3 aromatic rings. The number of hydrogen-bond acceptors (Lipinski definition) is 10. The zero-order valence-corrected chi connectivity index (χ0v) is 23.0. The SMILES string of the molecule is CC(C)C(=O)OC[C@H]1O[C@@](C#N)(c2ccc3c(NC(=O)[C@@H](N)Cc4ccc(F)cc4)ncnn23)[C@@H]2OC(C)(C)O[C@@H]21. The number of halogens is 1. The average Bonchev–Trinajstić information content (AvgIpc) is 3.59. The van der Waals surface area contributed by atoms with Gasteiger partial charge in [0.25, 0.3) is 0 Å². The van der Waals surface area contributed by atoms with Gasteiger partial charge in [-0.1, -0.05) is 26.0 Å². The van der Waals surface area contributed by atoms with E-state index in [2.05, 4.69) is 21.5 Å². The fourth-order valence-electron chi connectivity index (χ4n) is 5.05. The lowest BCUT2D eigenvalue weighted by Gasteiger charge is -2.29. The molecule has 4 heterocycles. The molecule has 0 spiro atoms. The van der Waals surface area contributed by atoms with Crippen LogP contribution in [0.4, 0.5) is 10.2 Å². The quantitative estimate of drug-likeness (QED) is 0.387. The van der Waals surface area contributed by atoms with Crippen LogP contribution in [-0.4, -0.2) is 63.2 Å². The molecule has 0 aliphatic carbocycles. The lowest BCUT2D eigenvalue weighted by molar-refractivity contribution is -0.207. The number of fused-ring (bicyclic) bond motifs is 2. The number of hydrogen-bond donors (Lipinski definition) is 2. The van der Waals surface area contributed by atoms with Crippen LogP contribution in [-0.2, 0) is 40.6 Å². The van der Waals surface area contributed by atoms with Gasteiger partial charge < -0.3 is 30.0 Å². The second kappa shape index (κ2) is 10.8. The molecule has 13 heteroatoms. The van der Waals surface area contributed by atoms with Gasteiger partial charge in [-0.15, -0.1) is 0 Å². The highest BCUT2D eigenvalue weighted by Crippen LogP contribution is 2.49. The van der Waals surface area contributed by atoms with Gasteiger partial charge in [0.2, 0.25) is 11.5 Å². The van der Waals surface area contributed by atoms with Gasteiger partial charge in [0.15, 0.2) is 11.6 Å². The maximum atomic E-state index is 13.2. The molecule has 1 amide bonds. The van der Waals surface area contributed by atoms with E-state index in [0.717, 1.165) is 0 Å². The van der Waals surface area contributed by atoms with Crippen LogP contribution in [0, 0.1) is 23.1 Å². The molecule has 216 valence electrons. The van der Waals surface area contributed by atoms with Crippen molar-refractivity contribution in [1.82, 2.24) is 14.6 Å². The number of nitriles is 1. The number of rotatable bonds is 8. The molecule has 2 aromatic heterocycles. The summed E-state index contributed by atoms with van der Waals surface area (Å²) >= 11 is 0. The van der Waals surface area contributed by atoms with Crippen LogP contribution in [0.2, 0.25) is 0 Å². The summed E-state index contributed by atoms with van der Waals surface area (Å²) in [6, 6.07) is 10.3. The monoisotopic (exact) mass is 566 g/mol. The highest BCUT2D eigenvalue weighted by atomic mass is 19.1. The average molecular weight is 567 g/mol. The Bertz CT molecular complexity index is 1500. The molecular formula is C28H31FN6O6. The number of benzene rings is 1. The zero-order valence-electron chi connectivity index (χ0n) is 23.0. The fraction of sp³-hybridized carbons (Fsp3) is 0.464. The topological polar surface area (TPSA) is 163 Å². The minimum absolute atomic E-state index is 0.132. The largest absolute Gasteiger partial charge is 0.463 e. The number of nitrogens with zero attached hydrogens (tertiary/aromatic N) is 4. The third-order valence-electron chi connectivity index (χ3n) is 7.04. The molecule has 1 aromatic carbocycles. The first kappa shape index (κ1) is 28.6. The lowest BCUT2D eigenvalue weighted by Crippen LogP contribution is -2.41. The van der Waals surface area contributed by atoms with Crippen LogP contribution in [0.3, 0.4) is 0 Å². The van der Waals surface area contributed by atoms with E-state index < -0.39 is 47.6 Å². The minimum atomic E-state index is -1.69. The van der Waals surface area contributed by atoms with E-state index in [0.29, 0.717) is 16.8 Å². The van der Waals surface area contributed by atoms with Crippen molar-refractivity contribution < 1.29 is 32.9 Å². The molecule has 0 bridgehead atoms. The van der Waals surface area contributed by atoms with Gasteiger partial charge in [0.05, 0.1) is 17.7 Å². The van der Waals surface area contributed by atoms with E-state index in [9.17, 15) is 19.2 Å². The minimum Gasteiger partial charge on any atom is -0.463 e. The molecule has 12 nitrogen and oxygen atoms in total. The van der Waals surface area contributed by atoms with Gasteiger partial charge in [0.1, 0.15) is 48.6 Å². The summed E-state index contributed by atoms with van der Waals surface area (Å²) in [6.45, 7) is 6.76. The Hall–Kier alpha value is -3.96. The maximum Gasteiger partial charge on any atom is 0.308 e.